The fourth-order valence-corrected chi connectivity index (χ4v) is 38.8. The number of aryl methyl sites for hydroxylation is 3. The molecule has 0 N–H and O–H groups in total. The van der Waals surface area contributed by atoms with Gasteiger partial charge in [-0.25, -0.2) is 0 Å². The molecule has 4 rings (SSSR count). The molecule has 0 fully saturated rings. The molecule has 0 aliphatic heterocycles. The summed E-state index contributed by atoms with van der Waals surface area (Å²) in [5, 5.41) is 15.7. The maximum atomic E-state index is 2.81. The van der Waals surface area contributed by atoms with E-state index in [0.29, 0.717) is 0 Å². The van der Waals surface area contributed by atoms with Gasteiger partial charge in [-0.2, -0.15) is 0 Å². The van der Waals surface area contributed by atoms with Gasteiger partial charge in [0.2, 0.25) is 0 Å². The SMILES string of the molecule is CC1=C(C)C(C)([Si](c2c(C)cc([Si](C)(C)C)c(C)c2[Si](C)(C)C)(c2c(C)cc([Si](C)(C)C)c(C)c2[Si](C)(C)C)c2c(C)cc([Si](C)(C)C)c(C)c2[Si](C)(C)C)[C]([Ti+3])=C1C.[Cl-].[Cl-].[Cl-]. The van der Waals surface area contributed by atoms with Crippen LogP contribution in [-0.2, 0) is 20.4 Å². The molecule has 0 spiro atoms. The Kier molecular flexibility index (Phi) is 18.4. The summed E-state index contributed by atoms with van der Waals surface area (Å²) in [5.74, 6) is 0. The monoisotopic (exact) mass is 1050 g/mol. The third-order valence-corrected chi connectivity index (χ3v) is 36.2. The normalized spacial score (nSPS) is 17.0. The van der Waals surface area contributed by atoms with Crippen molar-refractivity contribution in [2.45, 2.75) is 192 Å². The van der Waals surface area contributed by atoms with E-state index in [1.807, 2.05) is 15.6 Å². The van der Waals surface area contributed by atoms with Crippen molar-refractivity contribution in [3.8, 4) is 0 Å². The van der Waals surface area contributed by atoms with Gasteiger partial charge in [0, 0.05) is 0 Å². The Morgan fingerprint density at radius 2 is 0.581 bits per heavy atom. The van der Waals surface area contributed by atoms with E-state index in [4.69, 9.17) is 0 Å². The first kappa shape index (κ1) is 60.3. The molecule has 0 aromatic heterocycles. The minimum absolute atomic E-state index is 0. The molecule has 3 aromatic carbocycles. The first-order valence-electron chi connectivity index (χ1n) is 22.7. The topological polar surface area (TPSA) is 0 Å². The second kappa shape index (κ2) is 19.0. The summed E-state index contributed by atoms with van der Waals surface area (Å²) in [4.78, 5) is 0. The number of halogens is 3. The zero-order chi connectivity index (χ0) is 46.1. The molecule has 0 saturated heterocycles. The van der Waals surface area contributed by atoms with Crippen LogP contribution in [0.2, 0.25) is 123 Å². The van der Waals surface area contributed by atoms with Gasteiger partial charge in [0.1, 0.15) is 0 Å². The molecule has 0 radical (unpaired) electrons. The van der Waals surface area contributed by atoms with Gasteiger partial charge in [-0.3, -0.25) is 0 Å². The van der Waals surface area contributed by atoms with Crippen LogP contribution in [0.1, 0.15) is 61.1 Å². The van der Waals surface area contributed by atoms with Crippen LogP contribution in [0, 0.1) is 41.5 Å². The molecule has 1 unspecified atom stereocenters. The first-order chi connectivity index (χ1) is 26.1. The fourth-order valence-electron chi connectivity index (χ4n) is 12.3. The van der Waals surface area contributed by atoms with Crippen molar-refractivity contribution >= 4 is 103 Å². The molecule has 1 atom stereocenters. The molecule has 0 nitrogen and oxygen atoms in total. The summed E-state index contributed by atoms with van der Waals surface area (Å²) < 4.78 is 1.63. The molecule has 0 saturated carbocycles. The van der Waals surface area contributed by atoms with E-state index in [0.717, 1.165) is 0 Å². The molecule has 344 valence electrons. The van der Waals surface area contributed by atoms with Gasteiger partial charge >= 0.3 is 388 Å². The van der Waals surface area contributed by atoms with Crippen LogP contribution < -0.4 is 83.9 Å². The molecule has 1 aliphatic rings. The molecular formula is C51H87Cl3Si7Ti. The molecule has 11 heteroatoms. The summed E-state index contributed by atoms with van der Waals surface area (Å²) in [6.07, 6.45) is 0. The third-order valence-electron chi connectivity index (χ3n) is 14.7. The van der Waals surface area contributed by atoms with Crippen molar-refractivity contribution in [1.29, 1.82) is 0 Å². The molecular weight excluding hydrogens is 963 g/mol. The van der Waals surface area contributed by atoms with Crippen molar-refractivity contribution in [3.05, 3.63) is 72.2 Å². The smallest absolute Gasteiger partial charge is 1.00 e. The minimum atomic E-state index is -3.23. The van der Waals surface area contributed by atoms with Crippen molar-refractivity contribution < 1.29 is 57.7 Å². The molecule has 0 bridgehead atoms. The Labute approximate surface area is 421 Å². The molecule has 3 aromatic rings. The number of hydrogen-bond acceptors (Lipinski definition) is 0. The Morgan fingerprint density at radius 1 is 0.355 bits per heavy atom. The van der Waals surface area contributed by atoms with E-state index in [1.165, 1.54) is 11.1 Å². The van der Waals surface area contributed by atoms with E-state index < -0.39 is 56.5 Å². The summed E-state index contributed by atoms with van der Waals surface area (Å²) in [5.41, 5.74) is 14.4. The number of allylic oxidation sites excluding steroid dienone is 4. The summed E-state index contributed by atoms with van der Waals surface area (Å²) in [6.45, 7) is 73.5. The van der Waals surface area contributed by atoms with Crippen molar-refractivity contribution in [2.24, 2.45) is 0 Å². The van der Waals surface area contributed by atoms with Gasteiger partial charge < -0.3 is 37.2 Å². The Hall–Kier alpha value is 0.242. The predicted octanol–water partition coefficient (Wildman–Crippen LogP) is 1.22. The Morgan fingerprint density at radius 3 is 0.742 bits per heavy atom. The second-order valence-electron chi connectivity index (χ2n) is 25.5. The predicted molar refractivity (Wildman–Crippen MR) is 290 cm³/mol. The minimum Gasteiger partial charge on any atom is -1.00 e. The number of hydrogen-bond donors (Lipinski definition) is 0. The zero-order valence-corrected chi connectivity index (χ0v) is 55.7. The van der Waals surface area contributed by atoms with Crippen LogP contribution >= 0.6 is 0 Å². The fraction of sp³-hybridized carbons (Fsp3) is 0.569. The number of rotatable bonds is 10. The van der Waals surface area contributed by atoms with Crippen LogP contribution in [0.3, 0.4) is 0 Å². The summed E-state index contributed by atoms with van der Waals surface area (Å²) >= 11 is 2.59. The third kappa shape index (κ3) is 9.75. The van der Waals surface area contributed by atoms with Crippen molar-refractivity contribution in [2.75, 3.05) is 0 Å². The van der Waals surface area contributed by atoms with E-state index >= 15 is 0 Å². The molecule has 1 aliphatic carbocycles. The quantitative estimate of drug-likeness (QED) is 0.212. The van der Waals surface area contributed by atoms with Crippen molar-refractivity contribution in [1.82, 2.24) is 0 Å². The average Bonchev–Trinajstić information content (AvgIpc) is 3.17. The van der Waals surface area contributed by atoms with E-state index in [2.05, 4.69) is 226 Å². The van der Waals surface area contributed by atoms with Gasteiger partial charge in [-0.15, -0.1) is 0 Å². The largest absolute Gasteiger partial charge is 1.00 e. The Bertz CT molecular complexity index is 2060. The van der Waals surface area contributed by atoms with Crippen LogP contribution in [0.25, 0.3) is 0 Å². The van der Waals surface area contributed by atoms with Crippen LogP contribution in [0.4, 0.5) is 0 Å². The van der Waals surface area contributed by atoms with Crippen LogP contribution in [-0.4, -0.2) is 56.5 Å². The Balaban J connectivity index is 0.00000641. The zero-order valence-electron chi connectivity index (χ0n) is 44.9. The maximum absolute atomic E-state index is 3.23. The van der Waals surface area contributed by atoms with Crippen LogP contribution in [0.15, 0.2) is 38.8 Å². The maximum Gasteiger partial charge on any atom is -1.00 e. The van der Waals surface area contributed by atoms with Crippen LogP contribution in [0.5, 0.6) is 0 Å². The van der Waals surface area contributed by atoms with E-state index in [1.54, 1.807) is 74.0 Å². The van der Waals surface area contributed by atoms with Gasteiger partial charge in [0.15, 0.2) is 0 Å². The first-order valence-corrected chi connectivity index (χ1v) is 46.5. The van der Waals surface area contributed by atoms with Gasteiger partial charge in [-0.05, 0) is 0 Å². The number of benzene rings is 3. The summed E-state index contributed by atoms with van der Waals surface area (Å²) in [6, 6.07) is 8.33. The van der Waals surface area contributed by atoms with Gasteiger partial charge in [0.25, 0.3) is 0 Å². The summed E-state index contributed by atoms with van der Waals surface area (Å²) in [7, 11) is -14.3. The molecule has 62 heavy (non-hydrogen) atoms. The van der Waals surface area contributed by atoms with Gasteiger partial charge in [0.05, 0.1) is 0 Å². The van der Waals surface area contributed by atoms with E-state index in [9.17, 15) is 0 Å². The second-order valence-corrected chi connectivity index (χ2v) is 60.4. The standard InChI is InChI=1S/C51H87Si7.3ClH.Ti/c1-33-29-42(52(11,12)13)38(6)48(55(20,21)22)45(33)58(51(10)32-36(4)37(5)41(51)9,46-34(2)30-43(53(14,15)16)39(7)49(46)56(23,24)25)47-35(3)31-44(54(17,18)19)40(8)50(47)57(26,27)28;;;;/h29-31H,1-28H3;3*1H;/q;;;;+3/p-3. The van der Waals surface area contributed by atoms with E-state index in [-0.39, 0.29) is 42.3 Å². The van der Waals surface area contributed by atoms with Crippen molar-refractivity contribution in [3.63, 3.8) is 0 Å². The average molecular weight is 1050 g/mol. The van der Waals surface area contributed by atoms with Gasteiger partial charge in [-0.1, -0.05) is 0 Å². The molecule has 0 amide bonds. The molecule has 0 heterocycles.